The number of nitrogens with zero attached hydrogens (tertiary/aromatic N) is 1. The van der Waals surface area contributed by atoms with Crippen molar-refractivity contribution >= 4 is 22.8 Å². The number of benzene rings is 2. The standard InChI is InChI=1S/C21H20FNO4/c1-4-14(21(25)26)19-12(2)23(20(24)13-8-6-5-7-9-13)17-11-16(22)18(27-3)10-15(17)19/h5-11,14H,4H2,1-3H3,(H,25,26). The van der Waals surface area contributed by atoms with Gasteiger partial charge in [-0.1, -0.05) is 25.1 Å². The largest absolute Gasteiger partial charge is 0.494 e. The van der Waals surface area contributed by atoms with Crippen molar-refractivity contribution in [3.63, 3.8) is 0 Å². The number of carbonyl (C=O) groups excluding carboxylic acids is 1. The lowest BCUT2D eigenvalue weighted by atomic mass is 9.94. The van der Waals surface area contributed by atoms with E-state index in [2.05, 4.69) is 0 Å². The molecule has 0 amide bonds. The molecule has 1 atom stereocenters. The molecule has 3 aromatic rings. The predicted molar refractivity (Wildman–Crippen MR) is 100 cm³/mol. The van der Waals surface area contributed by atoms with Crippen molar-refractivity contribution in [2.45, 2.75) is 26.2 Å². The van der Waals surface area contributed by atoms with E-state index in [0.717, 1.165) is 0 Å². The number of fused-ring (bicyclic) bond motifs is 1. The van der Waals surface area contributed by atoms with Gasteiger partial charge in [0.1, 0.15) is 0 Å². The molecule has 1 unspecified atom stereocenters. The summed E-state index contributed by atoms with van der Waals surface area (Å²) in [5, 5.41) is 10.2. The van der Waals surface area contributed by atoms with Crippen LogP contribution in [-0.4, -0.2) is 28.7 Å². The number of halogens is 1. The Hall–Kier alpha value is -3.15. The zero-order valence-corrected chi connectivity index (χ0v) is 15.3. The van der Waals surface area contributed by atoms with Crippen LogP contribution in [0.4, 0.5) is 4.39 Å². The van der Waals surface area contributed by atoms with Gasteiger partial charge in [-0.15, -0.1) is 0 Å². The second-order valence-electron chi connectivity index (χ2n) is 6.31. The number of hydrogen-bond donors (Lipinski definition) is 1. The Morgan fingerprint density at radius 1 is 1.22 bits per heavy atom. The molecule has 0 saturated carbocycles. The average molecular weight is 369 g/mol. The van der Waals surface area contributed by atoms with Gasteiger partial charge in [0.15, 0.2) is 11.6 Å². The first kappa shape index (κ1) is 18.6. The summed E-state index contributed by atoms with van der Waals surface area (Å²) in [6.45, 7) is 3.45. The summed E-state index contributed by atoms with van der Waals surface area (Å²) in [4.78, 5) is 24.9. The zero-order chi connectivity index (χ0) is 19.7. The SMILES string of the molecule is CCC(C(=O)O)c1c(C)n(C(=O)c2ccccc2)c2cc(F)c(OC)cc12. The van der Waals surface area contributed by atoms with Gasteiger partial charge in [-0.05, 0) is 37.1 Å². The van der Waals surface area contributed by atoms with E-state index in [9.17, 15) is 19.1 Å². The highest BCUT2D eigenvalue weighted by atomic mass is 19.1. The summed E-state index contributed by atoms with van der Waals surface area (Å²) in [6.07, 6.45) is 0.342. The van der Waals surface area contributed by atoms with Gasteiger partial charge < -0.3 is 9.84 Å². The lowest BCUT2D eigenvalue weighted by Gasteiger charge is -2.12. The lowest BCUT2D eigenvalue weighted by molar-refractivity contribution is -0.138. The van der Waals surface area contributed by atoms with E-state index in [1.54, 1.807) is 44.2 Å². The third kappa shape index (κ3) is 3.07. The second-order valence-corrected chi connectivity index (χ2v) is 6.31. The first-order chi connectivity index (χ1) is 12.9. The summed E-state index contributed by atoms with van der Waals surface area (Å²) in [7, 11) is 1.34. The van der Waals surface area contributed by atoms with Crippen molar-refractivity contribution in [1.29, 1.82) is 0 Å². The van der Waals surface area contributed by atoms with Crippen LogP contribution >= 0.6 is 0 Å². The van der Waals surface area contributed by atoms with Gasteiger partial charge in [0.2, 0.25) is 0 Å². The van der Waals surface area contributed by atoms with Crippen molar-refractivity contribution in [2.24, 2.45) is 0 Å². The van der Waals surface area contributed by atoms with Crippen molar-refractivity contribution in [1.82, 2.24) is 4.57 Å². The number of methoxy groups -OCH3 is 1. The van der Waals surface area contributed by atoms with Gasteiger partial charge >= 0.3 is 5.97 Å². The van der Waals surface area contributed by atoms with E-state index in [4.69, 9.17) is 4.74 Å². The Morgan fingerprint density at radius 2 is 1.89 bits per heavy atom. The van der Waals surface area contributed by atoms with Crippen LogP contribution in [0.2, 0.25) is 0 Å². The summed E-state index contributed by atoms with van der Waals surface area (Å²) in [5.41, 5.74) is 1.75. The van der Waals surface area contributed by atoms with Gasteiger partial charge in [-0.3, -0.25) is 14.2 Å². The van der Waals surface area contributed by atoms with Crippen molar-refractivity contribution < 1.29 is 23.8 Å². The fraction of sp³-hybridized carbons (Fsp3) is 0.238. The Bertz CT molecular complexity index is 1020. The fourth-order valence-electron chi connectivity index (χ4n) is 3.51. The van der Waals surface area contributed by atoms with Crippen LogP contribution in [0.25, 0.3) is 10.9 Å². The number of aromatic nitrogens is 1. The maximum Gasteiger partial charge on any atom is 0.311 e. The number of carbonyl (C=O) groups is 2. The summed E-state index contributed by atoms with van der Waals surface area (Å²) >= 11 is 0. The molecule has 5 nitrogen and oxygen atoms in total. The molecule has 0 radical (unpaired) electrons. The smallest absolute Gasteiger partial charge is 0.311 e. The average Bonchev–Trinajstić information content (AvgIpc) is 2.93. The highest BCUT2D eigenvalue weighted by Gasteiger charge is 2.29. The predicted octanol–water partition coefficient (Wildman–Crippen LogP) is 4.36. The zero-order valence-electron chi connectivity index (χ0n) is 15.3. The van der Waals surface area contributed by atoms with E-state index in [1.807, 2.05) is 0 Å². The molecule has 6 heteroatoms. The third-order valence-corrected chi connectivity index (χ3v) is 4.81. The van der Waals surface area contributed by atoms with E-state index in [0.29, 0.717) is 34.1 Å². The molecule has 0 aliphatic heterocycles. The number of hydrogen-bond acceptors (Lipinski definition) is 3. The van der Waals surface area contributed by atoms with Crippen molar-refractivity contribution in [3.8, 4) is 5.75 Å². The van der Waals surface area contributed by atoms with Crippen LogP contribution in [0.3, 0.4) is 0 Å². The van der Waals surface area contributed by atoms with Crippen LogP contribution in [0.15, 0.2) is 42.5 Å². The van der Waals surface area contributed by atoms with Crippen LogP contribution in [-0.2, 0) is 4.79 Å². The van der Waals surface area contributed by atoms with Gasteiger partial charge in [-0.25, -0.2) is 4.39 Å². The summed E-state index contributed by atoms with van der Waals surface area (Å²) < 4.78 is 20.8. The van der Waals surface area contributed by atoms with E-state index < -0.39 is 17.7 Å². The molecule has 0 aliphatic carbocycles. The Balaban J connectivity index is 2.37. The first-order valence-corrected chi connectivity index (χ1v) is 8.61. The summed E-state index contributed by atoms with van der Waals surface area (Å²) in [6, 6.07) is 11.3. The minimum Gasteiger partial charge on any atom is -0.494 e. The maximum atomic E-state index is 14.4. The molecule has 2 aromatic carbocycles. The Kier molecular flexibility index (Phi) is 4.99. The molecule has 3 rings (SSSR count). The number of carboxylic acid groups (broad SMARTS) is 1. The Labute approximate surface area is 156 Å². The lowest BCUT2D eigenvalue weighted by Crippen LogP contribution is -2.16. The van der Waals surface area contributed by atoms with Crippen LogP contribution in [0.5, 0.6) is 5.75 Å². The topological polar surface area (TPSA) is 68.5 Å². The quantitative estimate of drug-likeness (QED) is 0.725. The van der Waals surface area contributed by atoms with Gasteiger partial charge in [0.25, 0.3) is 5.91 Å². The number of ether oxygens (including phenoxy) is 1. The molecule has 0 fully saturated rings. The molecule has 0 spiro atoms. The van der Waals surface area contributed by atoms with Crippen LogP contribution in [0.1, 0.15) is 40.9 Å². The van der Waals surface area contributed by atoms with Gasteiger partial charge in [0.05, 0.1) is 18.5 Å². The normalized spacial score (nSPS) is 12.1. The Morgan fingerprint density at radius 3 is 2.44 bits per heavy atom. The summed E-state index contributed by atoms with van der Waals surface area (Å²) in [5.74, 6) is -2.75. The van der Waals surface area contributed by atoms with Gasteiger partial charge in [-0.2, -0.15) is 0 Å². The molecular formula is C21H20FNO4. The van der Waals surface area contributed by atoms with Crippen LogP contribution < -0.4 is 4.74 Å². The second kappa shape index (κ2) is 7.23. The van der Waals surface area contributed by atoms with E-state index >= 15 is 0 Å². The number of rotatable bonds is 5. The highest BCUT2D eigenvalue weighted by Crippen LogP contribution is 2.37. The van der Waals surface area contributed by atoms with E-state index in [1.165, 1.54) is 23.8 Å². The number of carboxylic acids is 1. The third-order valence-electron chi connectivity index (χ3n) is 4.81. The molecule has 0 bridgehead atoms. The van der Waals surface area contributed by atoms with Crippen LogP contribution in [0, 0.1) is 12.7 Å². The molecule has 140 valence electrons. The molecule has 1 heterocycles. The van der Waals surface area contributed by atoms with Gasteiger partial charge in [0, 0.05) is 22.7 Å². The monoisotopic (exact) mass is 369 g/mol. The molecule has 0 aliphatic rings. The van der Waals surface area contributed by atoms with E-state index in [-0.39, 0.29) is 11.7 Å². The van der Waals surface area contributed by atoms with Crippen molar-refractivity contribution in [2.75, 3.05) is 7.11 Å². The molecule has 1 N–H and O–H groups in total. The molecule has 1 aromatic heterocycles. The highest BCUT2D eigenvalue weighted by molar-refractivity contribution is 6.05. The minimum absolute atomic E-state index is 0.00769. The van der Waals surface area contributed by atoms with Crippen molar-refractivity contribution in [3.05, 3.63) is 65.1 Å². The molecule has 0 saturated heterocycles. The fourth-order valence-corrected chi connectivity index (χ4v) is 3.51. The number of aliphatic carboxylic acids is 1. The first-order valence-electron chi connectivity index (χ1n) is 8.61. The maximum absolute atomic E-state index is 14.4. The molecule has 27 heavy (non-hydrogen) atoms. The minimum atomic E-state index is -0.991. The molecular weight excluding hydrogens is 349 g/mol.